The van der Waals surface area contributed by atoms with E-state index in [2.05, 4.69) is 24.0 Å². The molecule has 0 spiro atoms. The molecule has 1 rings (SSSR count). The second-order valence-corrected chi connectivity index (χ2v) is 5.21. The predicted octanol–water partition coefficient (Wildman–Crippen LogP) is 2.92. The summed E-state index contributed by atoms with van der Waals surface area (Å²) in [5, 5.41) is 3.77. The Kier molecular flexibility index (Phi) is 3.19. The molecular formula is C8H12Cl2N2O. The Balaban J connectivity index is 2.75. The lowest BCUT2D eigenvalue weighted by Crippen LogP contribution is -2.04. The molecule has 0 amide bonds. The minimum Gasteiger partial charge on any atom is -0.336 e. The number of alkyl halides is 2. The fourth-order valence-electron chi connectivity index (χ4n) is 0.880. The minimum atomic E-state index is -1.10. The Morgan fingerprint density at radius 3 is 2.46 bits per heavy atom. The van der Waals surface area contributed by atoms with E-state index in [1.807, 2.05) is 0 Å². The van der Waals surface area contributed by atoms with E-state index in [9.17, 15) is 0 Å². The third kappa shape index (κ3) is 3.16. The van der Waals surface area contributed by atoms with Crippen molar-refractivity contribution >= 4 is 23.2 Å². The fourth-order valence-corrected chi connectivity index (χ4v) is 1.03. The second-order valence-electron chi connectivity index (χ2n) is 3.50. The average Bonchev–Trinajstić information content (AvgIpc) is 2.32. The third-order valence-corrected chi connectivity index (χ3v) is 1.76. The van der Waals surface area contributed by atoms with Crippen molar-refractivity contribution in [3.8, 4) is 0 Å². The lowest BCUT2D eigenvalue weighted by molar-refractivity contribution is 0.364. The zero-order valence-corrected chi connectivity index (χ0v) is 9.35. The topological polar surface area (TPSA) is 38.9 Å². The molecule has 0 N–H and O–H groups in total. The quantitative estimate of drug-likeness (QED) is 0.739. The SMILES string of the molecule is CC(C)Cc1noc(C(C)(Cl)Cl)n1. The van der Waals surface area contributed by atoms with Crippen LogP contribution >= 0.6 is 23.2 Å². The van der Waals surface area contributed by atoms with Gasteiger partial charge in [-0.05, 0) is 12.8 Å². The van der Waals surface area contributed by atoms with Crippen molar-refractivity contribution in [3.05, 3.63) is 11.7 Å². The highest BCUT2D eigenvalue weighted by Crippen LogP contribution is 2.31. The molecule has 1 aromatic rings. The van der Waals surface area contributed by atoms with Gasteiger partial charge >= 0.3 is 0 Å². The maximum atomic E-state index is 5.78. The van der Waals surface area contributed by atoms with Crippen molar-refractivity contribution in [2.45, 2.75) is 31.5 Å². The Labute approximate surface area is 87.4 Å². The first-order chi connectivity index (χ1) is 5.89. The van der Waals surface area contributed by atoms with Gasteiger partial charge in [-0.1, -0.05) is 42.2 Å². The van der Waals surface area contributed by atoms with Crippen molar-refractivity contribution in [1.29, 1.82) is 0 Å². The molecule has 0 aliphatic heterocycles. The van der Waals surface area contributed by atoms with E-state index in [0.29, 0.717) is 11.7 Å². The second kappa shape index (κ2) is 3.84. The molecule has 0 saturated heterocycles. The number of rotatable bonds is 3. The first kappa shape index (κ1) is 10.8. The summed E-state index contributed by atoms with van der Waals surface area (Å²) in [6.07, 6.45) is 0.771. The van der Waals surface area contributed by atoms with Crippen LogP contribution in [0.4, 0.5) is 0 Å². The largest absolute Gasteiger partial charge is 0.336 e. The Hall–Kier alpha value is -0.280. The minimum absolute atomic E-state index is 0.256. The van der Waals surface area contributed by atoms with Gasteiger partial charge in [0.25, 0.3) is 5.89 Å². The highest BCUT2D eigenvalue weighted by molar-refractivity contribution is 6.47. The number of halogens is 2. The van der Waals surface area contributed by atoms with Crippen molar-refractivity contribution in [1.82, 2.24) is 10.1 Å². The fraction of sp³-hybridized carbons (Fsp3) is 0.750. The molecule has 0 unspecified atom stereocenters. The molecular weight excluding hydrogens is 211 g/mol. The summed E-state index contributed by atoms with van der Waals surface area (Å²) in [6, 6.07) is 0. The van der Waals surface area contributed by atoms with E-state index in [1.165, 1.54) is 0 Å². The Morgan fingerprint density at radius 1 is 1.46 bits per heavy atom. The van der Waals surface area contributed by atoms with Gasteiger partial charge in [0.1, 0.15) is 0 Å². The summed E-state index contributed by atoms with van der Waals surface area (Å²) in [5.74, 6) is 1.39. The lowest BCUT2D eigenvalue weighted by atomic mass is 10.1. The maximum absolute atomic E-state index is 5.78. The molecule has 5 heteroatoms. The van der Waals surface area contributed by atoms with Crippen LogP contribution in [0, 0.1) is 5.92 Å². The van der Waals surface area contributed by atoms with Gasteiger partial charge in [0.15, 0.2) is 10.2 Å². The molecule has 0 atom stereocenters. The molecule has 13 heavy (non-hydrogen) atoms. The van der Waals surface area contributed by atoms with Gasteiger partial charge in [-0.25, -0.2) is 0 Å². The van der Waals surface area contributed by atoms with E-state index < -0.39 is 4.33 Å². The van der Waals surface area contributed by atoms with Crippen molar-refractivity contribution < 1.29 is 4.52 Å². The van der Waals surface area contributed by atoms with Crippen LogP contribution in [0.1, 0.15) is 32.5 Å². The third-order valence-electron chi connectivity index (χ3n) is 1.43. The van der Waals surface area contributed by atoms with Crippen LogP contribution in [0.3, 0.4) is 0 Å². The molecule has 1 heterocycles. The summed E-state index contributed by atoms with van der Waals surface area (Å²) in [7, 11) is 0. The molecule has 0 saturated carbocycles. The number of hydrogen-bond donors (Lipinski definition) is 0. The van der Waals surface area contributed by atoms with Gasteiger partial charge in [0.05, 0.1) is 0 Å². The van der Waals surface area contributed by atoms with Crippen LogP contribution in [0.25, 0.3) is 0 Å². The van der Waals surface area contributed by atoms with Crippen LogP contribution in [0.5, 0.6) is 0 Å². The standard InChI is InChI=1S/C8H12Cl2N2O/c1-5(2)4-6-11-7(13-12-6)8(3,9)10/h5H,4H2,1-3H3. The predicted molar refractivity (Wildman–Crippen MR) is 51.9 cm³/mol. The van der Waals surface area contributed by atoms with Crippen LogP contribution in [0.2, 0.25) is 0 Å². The van der Waals surface area contributed by atoms with E-state index in [0.717, 1.165) is 6.42 Å². The highest BCUT2D eigenvalue weighted by atomic mass is 35.5. The Bertz CT molecular complexity index is 278. The molecule has 0 fully saturated rings. The molecule has 3 nitrogen and oxygen atoms in total. The van der Waals surface area contributed by atoms with Crippen molar-refractivity contribution in [3.63, 3.8) is 0 Å². The van der Waals surface area contributed by atoms with Crippen molar-refractivity contribution in [2.75, 3.05) is 0 Å². The number of nitrogens with zero attached hydrogens (tertiary/aromatic N) is 2. The molecule has 1 aromatic heterocycles. The Morgan fingerprint density at radius 2 is 2.08 bits per heavy atom. The monoisotopic (exact) mass is 222 g/mol. The molecule has 0 radical (unpaired) electrons. The van der Waals surface area contributed by atoms with E-state index >= 15 is 0 Å². The van der Waals surface area contributed by atoms with Crippen LogP contribution in [-0.2, 0) is 10.8 Å². The summed E-state index contributed by atoms with van der Waals surface area (Å²) in [5.41, 5.74) is 0. The zero-order valence-electron chi connectivity index (χ0n) is 7.84. The van der Waals surface area contributed by atoms with E-state index in [1.54, 1.807) is 6.92 Å². The summed E-state index contributed by atoms with van der Waals surface area (Å²) < 4.78 is 3.81. The van der Waals surface area contributed by atoms with Crippen molar-refractivity contribution in [2.24, 2.45) is 5.92 Å². The molecule has 0 bridgehead atoms. The molecule has 0 aliphatic carbocycles. The van der Waals surface area contributed by atoms with E-state index in [-0.39, 0.29) is 5.89 Å². The highest BCUT2D eigenvalue weighted by Gasteiger charge is 2.27. The molecule has 74 valence electrons. The summed E-state index contributed by atoms with van der Waals surface area (Å²) in [4.78, 5) is 4.08. The summed E-state index contributed by atoms with van der Waals surface area (Å²) >= 11 is 11.6. The smallest absolute Gasteiger partial charge is 0.262 e. The van der Waals surface area contributed by atoms with E-state index in [4.69, 9.17) is 27.7 Å². The zero-order chi connectivity index (χ0) is 10.1. The van der Waals surface area contributed by atoms with Gasteiger partial charge in [-0.2, -0.15) is 4.98 Å². The molecule has 0 aromatic carbocycles. The average molecular weight is 223 g/mol. The summed E-state index contributed by atoms with van der Waals surface area (Å²) in [6.45, 7) is 5.76. The van der Waals surface area contributed by atoms with Gasteiger partial charge in [-0.3, -0.25) is 0 Å². The maximum Gasteiger partial charge on any atom is 0.262 e. The van der Waals surface area contributed by atoms with Crippen LogP contribution < -0.4 is 0 Å². The van der Waals surface area contributed by atoms with Gasteiger partial charge in [-0.15, -0.1) is 0 Å². The normalized spacial score (nSPS) is 12.5. The molecule has 0 aliphatic rings. The van der Waals surface area contributed by atoms with Gasteiger partial charge in [0.2, 0.25) is 0 Å². The first-order valence-corrected chi connectivity index (χ1v) is 4.86. The lowest BCUT2D eigenvalue weighted by Gasteiger charge is -2.04. The van der Waals surface area contributed by atoms with Crippen LogP contribution in [0.15, 0.2) is 4.52 Å². The van der Waals surface area contributed by atoms with Gasteiger partial charge in [0, 0.05) is 6.42 Å². The number of aromatic nitrogens is 2. The van der Waals surface area contributed by atoms with Gasteiger partial charge < -0.3 is 4.52 Å². The number of hydrogen-bond acceptors (Lipinski definition) is 3. The first-order valence-electron chi connectivity index (χ1n) is 4.10. The van der Waals surface area contributed by atoms with Crippen LogP contribution in [-0.4, -0.2) is 10.1 Å².